The van der Waals surface area contributed by atoms with Gasteiger partial charge >= 0.3 is 0 Å². The lowest BCUT2D eigenvalue weighted by molar-refractivity contribution is -0.121. The van der Waals surface area contributed by atoms with Crippen LogP contribution in [0.5, 0.6) is 0 Å². The first-order valence-electron chi connectivity index (χ1n) is 6.40. The van der Waals surface area contributed by atoms with Gasteiger partial charge in [0.2, 0.25) is 5.91 Å². The molecular weight excluding hydrogens is 220 g/mol. The number of hydrogen-bond acceptors (Lipinski definition) is 3. The Morgan fingerprint density at radius 1 is 1.38 bits per heavy atom. The van der Waals surface area contributed by atoms with Crippen LogP contribution < -0.4 is 10.6 Å². The second kappa shape index (κ2) is 5.92. The van der Waals surface area contributed by atoms with E-state index < -0.39 is 0 Å². The van der Waals surface area contributed by atoms with E-state index in [4.69, 9.17) is 0 Å². The Hall–Kier alpha value is -0.220. The maximum absolute atomic E-state index is 11.4. The molecule has 2 atom stereocenters. The molecule has 1 aliphatic carbocycles. The Kier molecular flexibility index (Phi) is 4.53. The minimum atomic E-state index is 0.234. The summed E-state index contributed by atoms with van der Waals surface area (Å²) in [4.78, 5) is 11.4. The summed E-state index contributed by atoms with van der Waals surface area (Å²) in [7, 11) is 0. The molecule has 1 saturated heterocycles. The van der Waals surface area contributed by atoms with Crippen molar-refractivity contribution in [3.05, 3.63) is 0 Å². The molecule has 0 aromatic heterocycles. The van der Waals surface area contributed by atoms with Gasteiger partial charge in [-0.05, 0) is 38.0 Å². The molecule has 2 N–H and O–H groups in total. The molecule has 0 radical (unpaired) electrons. The van der Waals surface area contributed by atoms with Gasteiger partial charge in [0.1, 0.15) is 0 Å². The van der Waals surface area contributed by atoms with Gasteiger partial charge in [-0.1, -0.05) is 6.92 Å². The lowest BCUT2D eigenvalue weighted by atomic mass is 10.1. The molecule has 2 aliphatic rings. The molecule has 1 heterocycles. The van der Waals surface area contributed by atoms with Crippen LogP contribution in [0, 0.1) is 0 Å². The van der Waals surface area contributed by atoms with Crippen molar-refractivity contribution in [2.24, 2.45) is 0 Å². The van der Waals surface area contributed by atoms with Crippen LogP contribution >= 0.6 is 11.8 Å². The van der Waals surface area contributed by atoms with Gasteiger partial charge in [0, 0.05) is 23.8 Å². The van der Waals surface area contributed by atoms with Gasteiger partial charge in [-0.15, -0.1) is 0 Å². The summed E-state index contributed by atoms with van der Waals surface area (Å²) in [5.74, 6) is 1.51. The van der Waals surface area contributed by atoms with Crippen LogP contribution in [0.3, 0.4) is 0 Å². The summed E-state index contributed by atoms with van der Waals surface area (Å²) >= 11 is 2.04. The third-order valence-corrected chi connectivity index (χ3v) is 4.63. The fourth-order valence-electron chi connectivity index (χ4n) is 2.06. The van der Waals surface area contributed by atoms with Crippen LogP contribution in [-0.4, -0.2) is 35.5 Å². The minimum Gasteiger partial charge on any atom is -0.353 e. The van der Waals surface area contributed by atoms with E-state index in [0.29, 0.717) is 18.5 Å². The highest BCUT2D eigenvalue weighted by Gasteiger charge is 2.24. The molecule has 0 aromatic carbocycles. The quantitative estimate of drug-likeness (QED) is 0.694. The van der Waals surface area contributed by atoms with Gasteiger partial charge in [-0.3, -0.25) is 4.79 Å². The van der Waals surface area contributed by atoms with Gasteiger partial charge in [-0.2, -0.15) is 11.8 Å². The topological polar surface area (TPSA) is 41.1 Å². The Labute approximate surface area is 102 Å². The largest absolute Gasteiger partial charge is 0.353 e. The van der Waals surface area contributed by atoms with Crippen LogP contribution in [0.2, 0.25) is 0 Å². The highest BCUT2D eigenvalue weighted by atomic mass is 32.2. The first-order chi connectivity index (χ1) is 7.75. The molecule has 1 aliphatic heterocycles. The predicted octanol–water partition coefficient (Wildman–Crippen LogP) is 1.53. The lowest BCUT2D eigenvalue weighted by Gasteiger charge is -2.16. The second-order valence-corrected chi connectivity index (χ2v) is 6.36. The number of hydrogen-bond donors (Lipinski definition) is 2. The highest BCUT2D eigenvalue weighted by Crippen LogP contribution is 2.25. The van der Waals surface area contributed by atoms with Crippen LogP contribution in [0.1, 0.15) is 39.0 Å². The number of nitrogens with one attached hydrogen (secondary N) is 2. The SMILES string of the molecule is CC1SCCC1NCCCC(=O)NC1CC1. The van der Waals surface area contributed by atoms with E-state index in [2.05, 4.69) is 17.6 Å². The molecule has 2 rings (SSSR count). The van der Waals surface area contributed by atoms with Crippen LogP contribution in [-0.2, 0) is 4.79 Å². The van der Waals surface area contributed by atoms with Crippen molar-refractivity contribution in [2.45, 2.75) is 56.4 Å². The summed E-state index contributed by atoms with van der Waals surface area (Å²) in [6.07, 6.45) is 5.28. The summed E-state index contributed by atoms with van der Waals surface area (Å²) in [6, 6.07) is 1.17. The van der Waals surface area contributed by atoms with Crippen molar-refractivity contribution in [3.63, 3.8) is 0 Å². The molecule has 1 amide bonds. The van der Waals surface area contributed by atoms with Crippen LogP contribution in [0.4, 0.5) is 0 Å². The van der Waals surface area contributed by atoms with Crippen molar-refractivity contribution in [3.8, 4) is 0 Å². The zero-order valence-electron chi connectivity index (χ0n) is 10.00. The highest BCUT2D eigenvalue weighted by molar-refractivity contribution is 8.00. The Morgan fingerprint density at radius 2 is 2.19 bits per heavy atom. The Bertz CT molecular complexity index is 243. The van der Waals surface area contributed by atoms with Crippen molar-refractivity contribution in [1.82, 2.24) is 10.6 Å². The predicted molar refractivity (Wildman–Crippen MR) is 68.7 cm³/mol. The Morgan fingerprint density at radius 3 is 2.81 bits per heavy atom. The average Bonchev–Trinajstić information content (AvgIpc) is 2.96. The monoisotopic (exact) mass is 242 g/mol. The third kappa shape index (κ3) is 3.98. The standard InChI is InChI=1S/C12H22N2OS/c1-9-11(6-8-16-9)13-7-2-3-12(15)14-10-4-5-10/h9-11,13H,2-8H2,1H3,(H,14,15). The zero-order chi connectivity index (χ0) is 11.4. The number of amides is 1. The molecule has 2 unspecified atom stereocenters. The minimum absolute atomic E-state index is 0.234. The van der Waals surface area contributed by atoms with Gasteiger partial charge in [0.25, 0.3) is 0 Å². The normalized spacial score (nSPS) is 29.3. The average molecular weight is 242 g/mol. The van der Waals surface area contributed by atoms with Crippen molar-refractivity contribution in [1.29, 1.82) is 0 Å². The fraction of sp³-hybridized carbons (Fsp3) is 0.917. The molecule has 0 spiro atoms. The first-order valence-corrected chi connectivity index (χ1v) is 7.45. The van der Waals surface area contributed by atoms with E-state index in [0.717, 1.165) is 18.2 Å². The molecule has 4 heteroatoms. The molecule has 92 valence electrons. The molecule has 0 aromatic rings. The van der Waals surface area contributed by atoms with E-state index in [1.54, 1.807) is 0 Å². The summed E-state index contributed by atoms with van der Waals surface area (Å²) < 4.78 is 0. The number of rotatable bonds is 6. The maximum Gasteiger partial charge on any atom is 0.220 e. The molecule has 3 nitrogen and oxygen atoms in total. The van der Waals surface area contributed by atoms with Gasteiger partial charge in [0.05, 0.1) is 0 Å². The summed E-state index contributed by atoms with van der Waals surface area (Å²) in [6.45, 7) is 3.27. The molecule has 0 bridgehead atoms. The van der Waals surface area contributed by atoms with Gasteiger partial charge in [-0.25, -0.2) is 0 Å². The molecule has 1 saturated carbocycles. The van der Waals surface area contributed by atoms with Crippen molar-refractivity contribution in [2.75, 3.05) is 12.3 Å². The van der Waals surface area contributed by atoms with Crippen molar-refractivity contribution < 1.29 is 4.79 Å². The lowest BCUT2D eigenvalue weighted by Crippen LogP contribution is -2.34. The van der Waals surface area contributed by atoms with Crippen molar-refractivity contribution >= 4 is 17.7 Å². The zero-order valence-corrected chi connectivity index (χ0v) is 10.8. The smallest absolute Gasteiger partial charge is 0.220 e. The number of carbonyl (C=O) groups excluding carboxylic acids is 1. The molecular formula is C12H22N2OS. The van der Waals surface area contributed by atoms with E-state index in [9.17, 15) is 4.79 Å². The van der Waals surface area contributed by atoms with E-state index in [1.807, 2.05) is 11.8 Å². The van der Waals surface area contributed by atoms with Crippen LogP contribution in [0.25, 0.3) is 0 Å². The number of carbonyl (C=O) groups is 1. The molecule has 2 fully saturated rings. The maximum atomic E-state index is 11.4. The fourth-order valence-corrected chi connectivity index (χ4v) is 3.29. The summed E-state index contributed by atoms with van der Waals surface area (Å²) in [5, 5.41) is 7.31. The van der Waals surface area contributed by atoms with E-state index in [1.165, 1.54) is 25.0 Å². The van der Waals surface area contributed by atoms with Gasteiger partial charge < -0.3 is 10.6 Å². The van der Waals surface area contributed by atoms with E-state index in [-0.39, 0.29) is 5.91 Å². The molecule has 16 heavy (non-hydrogen) atoms. The van der Waals surface area contributed by atoms with Crippen LogP contribution in [0.15, 0.2) is 0 Å². The van der Waals surface area contributed by atoms with E-state index >= 15 is 0 Å². The summed E-state index contributed by atoms with van der Waals surface area (Å²) in [5.41, 5.74) is 0. The first kappa shape index (κ1) is 12.2. The Balaban J connectivity index is 1.49. The number of thioether (sulfide) groups is 1. The third-order valence-electron chi connectivity index (χ3n) is 3.31. The van der Waals surface area contributed by atoms with Gasteiger partial charge in [0.15, 0.2) is 0 Å². The second-order valence-electron chi connectivity index (χ2n) is 4.87.